The minimum atomic E-state index is 0.197. The fraction of sp³-hybridized carbons (Fsp3) is 0.923. The summed E-state index contributed by atoms with van der Waals surface area (Å²) in [5.41, 5.74) is 0. The molecule has 0 aromatic carbocycles. The standard InChI is InChI=1S/C13H22N2O2/c1-9-11(6-7-17-9)15-12(16)8-14-13(15)10-4-2-3-5-10/h9-11,13-14H,2-8H2,1H3. The summed E-state index contributed by atoms with van der Waals surface area (Å²) in [5, 5.41) is 3.42. The summed E-state index contributed by atoms with van der Waals surface area (Å²) < 4.78 is 5.62. The molecular weight excluding hydrogens is 216 g/mol. The van der Waals surface area contributed by atoms with Gasteiger partial charge in [-0.15, -0.1) is 0 Å². The molecule has 0 bridgehead atoms. The molecule has 3 atom stereocenters. The molecule has 17 heavy (non-hydrogen) atoms. The Labute approximate surface area is 103 Å². The third kappa shape index (κ3) is 1.97. The molecule has 2 heterocycles. The van der Waals surface area contributed by atoms with Crippen LogP contribution in [-0.4, -0.2) is 42.3 Å². The molecule has 3 fully saturated rings. The molecule has 0 spiro atoms. The van der Waals surface area contributed by atoms with Gasteiger partial charge in [-0.3, -0.25) is 10.1 Å². The lowest BCUT2D eigenvalue weighted by molar-refractivity contribution is -0.132. The van der Waals surface area contributed by atoms with Gasteiger partial charge in [0.05, 0.1) is 24.9 Å². The van der Waals surface area contributed by atoms with Gasteiger partial charge in [0.1, 0.15) is 0 Å². The largest absolute Gasteiger partial charge is 0.376 e. The van der Waals surface area contributed by atoms with Crippen LogP contribution < -0.4 is 5.32 Å². The molecule has 0 aromatic rings. The molecule has 3 aliphatic rings. The Morgan fingerprint density at radius 1 is 1.29 bits per heavy atom. The Bertz CT molecular complexity index is 302. The molecule has 1 N–H and O–H groups in total. The van der Waals surface area contributed by atoms with Crippen LogP contribution in [0.3, 0.4) is 0 Å². The third-order valence-corrected chi connectivity index (χ3v) is 4.59. The van der Waals surface area contributed by atoms with Crippen LogP contribution in [0, 0.1) is 5.92 Å². The highest BCUT2D eigenvalue weighted by Crippen LogP contribution is 2.34. The number of nitrogens with one attached hydrogen (secondary N) is 1. The summed E-state index contributed by atoms with van der Waals surface area (Å²) in [6, 6.07) is 0.295. The van der Waals surface area contributed by atoms with Crippen molar-refractivity contribution in [2.75, 3.05) is 13.2 Å². The van der Waals surface area contributed by atoms with Crippen LogP contribution in [0.25, 0.3) is 0 Å². The average Bonchev–Trinajstić information content (AvgIpc) is 2.98. The lowest BCUT2D eigenvalue weighted by Crippen LogP contribution is -2.50. The van der Waals surface area contributed by atoms with Crippen molar-refractivity contribution in [1.82, 2.24) is 10.2 Å². The van der Waals surface area contributed by atoms with Crippen LogP contribution in [0.2, 0.25) is 0 Å². The van der Waals surface area contributed by atoms with Gasteiger partial charge in [-0.1, -0.05) is 12.8 Å². The molecule has 2 saturated heterocycles. The van der Waals surface area contributed by atoms with Gasteiger partial charge in [0.25, 0.3) is 0 Å². The van der Waals surface area contributed by atoms with E-state index >= 15 is 0 Å². The minimum Gasteiger partial charge on any atom is -0.376 e. The van der Waals surface area contributed by atoms with Gasteiger partial charge in [-0.25, -0.2) is 0 Å². The van der Waals surface area contributed by atoms with E-state index in [0.717, 1.165) is 13.0 Å². The van der Waals surface area contributed by atoms with Crippen molar-refractivity contribution in [2.45, 2.75) is 57.3 Å². The third-order valence-electron chi connectivity index (χ3n) is 4.59. The predicted octanol–water partition coefficient (Wildman–Crippen LogP) is 1.11. The maximum Gasteiger partial charge on any atom is 0.238 e. The van der Waals surface area contributed by atoms with Crippen molar-refractivity contribution in [3.05, 3.63) is 0 Å². The number of ether oxygens (including phenoxy) is 1. The zero-order chi connectivity index (χ0) is 11.8. The van der Waals surface area contributed by atoms with E-state index < -0.39 is 0 Å². The van der Waals surface area contributed by atoms with Crippen molar-refractivity contribution in [3.63, 3.8) is 0 Å². The summed E-state index contributed by atoms with van der Waals surface area (Å²) in [6.07, 6.45) is 6.65. The SMILES string of the molecule is CC1OCCC1N1C(=O)CNC1C1CCCC1. The highest BCUT2D eigenvalue weighted by atomic mass is 16.5. The van der Waals surface area contributed by atoms with Crippen LogP contribution in [0.4, 0.5) is 0 Å². The average molecular weight is 238 g/mol. The van der Waals surface area contributed by atoms with E-state index in [4.69, 9.17) is 4.74 Å². The van der Waals surface area contributed by atoms with Crippen molar-refractivity contribution >= 4 is 5.91 Å². The van der Waals surface area contributed by atoms with Crippen LogP contribution >= 0.6 is 0 Å². The number of carbonyl (C=O) groups is 1. The van der Waals surface area contributed by atoms with Crippen molar-refractivity contribution in [2.24, 2.45) is 5.92 Å². The zero-order valence-corrected chi connectivity index (χ0v) is 10.5. The molecule has 96 valence electrons. The first kappa shape index (κ1) is 11.5. The van der Waals surface area contributed by atoms with E-state index in [1.54, 1.807) is 0 Å². The quantitative estimate of drug-likeness (QED) is 0.783. The summed E-state index contributed by atoms with van der Waals surface area (Å²) in [6.45, 7) is 3.41. The van der Waals surface area contributed by atoms with E-state index in [1.165, 1.54) is 25.7 Å². The predicted molar refractivity (Wildman–Crippen MR) is 64.4 cm³/mol. The van der Waals surface area contributed by atoms with Gasteiger partial charge in [0, 0.05) is 6.61 Å². The normalized spacial score (nSPS) is 39.5. The molecule has 3 unspecified atom stereocenters. The number of hydrogen-bond donors (Lipinski definition) is 1. The summed E-state index contributed by atoms with van der Waals surface area (Å²) in [5.74, 6) is 0.929. The Kier molecular flexibility index (Phi) is 3.09. The van der Waals surface area contributed by atoms with E-state index in [0.29, 0.717) is 18.5 Å². The number of carbonyl (C=O) groups excluding carboxylic acids is 1. The summed E-state index contributed by atoms with van der Waals surface area (Å²) >= 11 is 0. The van der Waals surface area contributed by atoms with Crippen LogP contribution in [0.1, 0.15) is 39.0 Å². The van der Waals surface area contributed by atoms with Gasteiger partial charge >= 0.3 is 0 Å². The number of nitrogens with zero attached hydrogens (tertiary/aromatic N) is 1. The number of amides is 1. The Morgan fingerprint density at radius 2 is 2.06 bits per heavy atom. The maximum atomic E-state index is 12.1. The molecule has 0 aromatic heterocycles. The monoisotopic (exact) mass is 238 g/mol. The topological polar surface area (TPSA) is 41.6 Å². The van der Waals surface area contributed by atoms with Gasteiger partial charge in [-0.2, -0.15) is 0 Å². The number of hydrogen-bond acceptors (Lipinski definition) is 3. The zero-order valence-electron chi connectivity index (χ0n) is 10.5. The summed E-state index contributed by atoms with van der Waals surface area (Å²) in [7, 11) is 0. The maximum absolute atomic E-state index is 12.1. The molecule has 2 aliphatic heterocycles. The first-order valence-electron chi connectivity index (χ1n) is 6.93. The molecular formula is C13H22N2O2. The fourth-order valence-electron chi connectivity index (χ4n) is 3.68. The van der Waals surface area contributed by atoms with Crippen LogP contribution in [0.5, 0.6) is 0 Å². The second kappa shape index (κ2) is 4.58. The van der Waals surface area contributed by atoms with E-state index in [2.05, 4.69) is 17.1 Å². The molecule has 1 amide bonds. The Hall–Kier alpha value is -0.610. The molecule has 0 radical (unpaired) electrons. The lowest BCUT2D eigenvalue weighted by atomic mass is 10.0. The van der Waals surface area contributed by atoms with Crippen LogP contribution in [-0.2, 0) is 9.53 Å². The van der Waals surface area contributed by atoms with Crippen LogP contribution in [0.15, 0.2) is 0 Å². The molecule has 4 heteroatoms. The van der Waals surface area contributed by atoms with Gasteiger partial charge < -0.3 is 9.64 Å². The van der Waals surface area contributed by atoms with E-state index in [-0.39, 0.29) is 18.2 Å². The first-order valence-corrected chi connectivity index (χ1v) is 6.93. The Balaban J connectivity index is 1.76. The highest BCUT2D eigenvalue weighted by Gasteiger charge is 2.44. The van der Waals surface area contributed by atoms with E-state index in [9.17, 15) is 4.79 Å². The van der Waals surface area contributed by atoms with Gasteiger partial charge in [-0.05, 0) is 32.1 Å². The molecule has 4 nitrogen and oxygen atoms in total. The lowest BCUT2D eigenvalue weighted by Gasteiger charge is -2.35. The first-order chi connectivity index (χ1) is 8.27. The minimum absolute atomic E-state index is 0.197. The molecule has 3 rings (SSSR count). The van der Waals surface area contributed by atoms with Crippen molar-refractivity contribution in [3.8, 4) is 0 Å². The second-order valence-corrected chi connectivity index (χ2v) is 5.60. The van der Waals surface area contributed by atoms with Crippen molar-refractivity contribution in [1.29, 1.82) is 0 Å². The summed E-state index contributed by atoms with van der Waals surface area (Å²) in [4.78, 5) is 14.2. The number of rotatable bonds is 2. The highest BCUT2D eigenvalue weighted by molar-refractivity contribution is 5.81. The second-order valence-electron chi connectivity index (χ2n) is 5.60. The molecule has 1 saturated carbocycles. The van der Waals surface area contributed by atoms with Crippen molar-refractivity contribution < 1.29 is 9.53 Å². The van der Waals surface area contributed by atoms with Gasteiger partial charge in [0.2, 0.25) is 5.91 Å². The smallest absolute Gasteiger partial charge is 0.238 e. The van der Waals surface area contributed by atoms with E-state index in [1.807, 2.05) is 0 Å². The van der Waals surface area contributed by atoms with Gasteiger partial charge in [0.15, 0.2) is 0 Å². The molecule has 1 aliphatic carbocycles. The fourth-order valence-corrected chi connectivity index (χ4v) is 3.68. The Morgan fingerprint density at radius 3 is 2.71 bits per heavy atom.